The SMILES string of the molecule is C[C@H](Cc1ccco1)NC(=O)NCc1ccc(N(C)C)nc1. The fraction of sp³-hybridized carbons (Fsp3) is 0.375. The van der Waals surface area contributed by atoms with E-state index in [0.29, 0.717) is 13.0 Å². The van der Waals surface area contributed by atoms with Crippen molar-refractivity contribution in [1.29, 1.82) is 0 Å². The molecule has 0 aliphatic rings. The average molecular weight is 302 g/mol. The maximum absolute atomic E-state index is 11.8. The molecular weight excluding hydrogens is 280 g/mol. The molecule has 2 amide bonds. The highest BCUT2D eigenvalue weighted by atomic mass is 16.3. The van der Waals surface area contributed by atoms with Crippen LogP contribution in [-0.2, 0) is 13.0 Å². The quantitative estimate of drug-likeness (QED) is 0.858. The predicted octanol–water partition coefficient (Wildman–Crippen LogP) is 2.17. The Labute approximate surface area is 130 Å². The van der Waals surface area contributed by atoms with E-state index in [9.17, 15) is 4.79 Å². The normalized spacial score (nSPS) is 11.8. The lowest BCUT2D eigenvalue weighted by Crippen LogP contribution is -2.41. The first-order chi connectivity index (χ1) is 10.5. The van der Waals surface area contributed by atoms with Gasteiger partial charge in [0.25, 0.3) is 0 Å². The second-order valence-corrected chi connectivity index (χ2v) is 5.43. The Bertz CT molecular complexity index is 579. The van der Waals surface area contributed by atoms with Gasteiger partial charge in [-0.2, -0.15) is 0 Å². The van der Waals surface area contributed by atoms with Gasteiger partial charge in [-0.05, 0) is 30.7 Å². The van der Waals surface area contributed by atoms with Crippen molar-refractivity contribution in [3.05, 3.63) is 48.0 Å². The minimum atomic E-state index is -0.198. The Morgan fingerprint density at radius 2 is 2.18 bits per heavy atom. The minimum Gasteiger partial charge on any atom is -0.469 e. The maximum Gasteiger partial charge on any atom is 0.315 e. The van der Waals surface area contributed by atoms with Gasteiger partial charge in [-0.15, -0.1) is 0 Å². The van der Waals surface area contributed by atoms with Crippen LogP contribution in [0.4, 0.5) is 10.6 Å². The van der Waals surface area contributed by atoms with Crippen molar-refractivity contribution in [3.63, 3.8) is 0 Å². The van der Waals surface area contributed by atoms with Gasteiger partial charge in [-0.1, -0.05) is 6.07 Å². The number of nitrogens with one attached hydrogen (secondary N) is 2. The van der Waals surface area contributed by atoms with Crippen molar-refractivity contribution in [3.8, 4) is 0 Å². The van der Waals surface area contributed by atoms with Gasteiger partial charge >= 0.3 is 6.03 Å². The Kier molecular flexibility index (Phi) is 5.41. The summed E-state index contributed by atoms with van der Waals surface area (Å²) < 4.78 is 5.26. The van der Waals surface area contributed by atoms with Crippen molar-refractivity contribution in [1.82, 2.24) is 15.6 Å². The van der Waals surface area contributed by atoms with E-state index in [2.05, 4.69) is 15.6 Å². The summed E-state index contributed by atoms with van der Waals surface area (Å²) in [6.07, 6.45) is 4.06. The summed E-state index contributed by atoms with van der Waals surface area (Å²) in [4.78, 5) is 18.1. The van der Waals surface area contributed by atoms with Gasteiger partial charge in [-0.3, -0.25) is 0 Å². The Morgan fingerprint density at radius 3 is 2.77 bits per heavy atom. The summed E-state index contributed by atoms with van der Waals surface area (Å²) in [7, 11) is 3.88. The van der Waals surface area contributed by atoms with E-state index in [-0.39, 0.29) is 12.1 Å². The van der Waals surface area contributed by atoms with Crippen LogP contribution in [0.1, 0.15) is 18.2 Å². The standard InChI is InChI=1S/C16H22N4O2/c1-12(9-14-5-4-8-22-14)19-16(21)18-11-13-6-7-15(17-10-13)20(2)3/h4-8,10,12H,9,11H2,1-3H3,(H2,18,19,21)/t12-/m1/s1. The molecule has 0 aromatic carbocycles. The van der Waals surface area contributed by atoms with Crippen LogP contribution in [0.3, 0.4) is 0 Å². The maximum atomic E-state index is 11.8. The van der Waals surface area contributed by atoms with Crippen LogP contribution >= 0.6 is 0 Å². The Balaban J connectivity index is 1.75. The average Bonchev–Trinajstić information content (AvgIpc) is 2.98. The topological polar surface area (TPSA) is 70.4 Å². The third kappa shape index (κ3) is 4.80. The third-order valence-corrected chi connectivity index (χ3v) is 3.19. The van der Waals surface area contributed by atoms with E-state index in [1.54, 1.807) is 12.5 Å². The molecule has 2 heterocycles. The van der Waals surface area contributed by atoms with Gasteiger partial charge in [0.05, 0.1) is 6.26 Å². The summed E-state index contributed by atoms with van der Waals surface area (Å²) in [5, 5.41) is 5.70. The van der Waals surface area contributed by atoms with Gasteiger partial charge < -0.3 is 20.0 Å². The summed E-state index contributed by atoms with van der Waals surface area (Å²) >= 11 is 0. The molecule has 0 spiro atoms. The second kappa shape index (κ2) is 7.49. The lowest BCUT2D eigenvalue weighted by Gasteiger charge is -2.14. The van der Waals surface area contributed by atoms with Crippen LogP contribution in [0.15, 0.2) is 41.1 Å². The molecule has 6 heteroatoms. The highest BCUT2D eigenvalue weighted by Gasteiger charge is 2.09. The molecular formula is C16H22N4O2. The number of pyridine rings is 1. The van der Waals surface area contributed by atoms with E-state index in [4.69, 9.17) is 4.42 Å². The van der Waals surface area contributed by atoms with E-state index in [1.807, 2.05) is 50.2 Å². The lowest BCUT2D eigenvalue weighted by atomic mass is 10.2. The molecule has 2 aromatic rings. The fourth-order valence-corrected chi connectivity index (χ4v) is 2.02. The van der Waals surface area contributed by atoms with Crippen molar-refractivity contribution in [2.75, 3.05) is 19.0 Å². The first-order valence-electron chi connectivity index (χ1n) is 7.23. The van der Waals surface area contributed by atoms with Gasteiger partial charge in [-0.25, -0.2) is 9.78 Å². The van der Waals surface area contributed by atoms with Crippen molar-refractivity contribution in [2.45, 2.75) is 25.9 Å². The molecule has 0 saturated heterocycles. The number of rotatable bonds is 6. The van der Waals surface area contributed by atoms with Gasteiger partial charge in [0.1, 0.15) is 11.6 Å². The number of carbonyl (C=O) groups is 1. The largest absolute Gasteiger partial charge is 0.469 e. The Hall–Kier alpha value is -2.50. The molecule has 0 bridgehead atoms. The molecule has 22 heavy (non-hydrogen) atoms. The van der Waals surface area contributed by atoms with Gasteiger partial charge in [0.15, 0.2) is 0 Å². The number of aromatic nitrogens is 1. The third-order valence-electron chi connectivity index (χ3n) is 3.19. The van der Waals surface area contributed by atoms with Gasteiger partial charge in [0, 0.05) is 39.3 Å². The number of anilines is 1. The molecule has 2 aromatic heterocycles. The number of amides is 2. The number of nitrogens with zero attached hydrogens (tertiary/aromatic N) is 2. The highest BCUT2D eigenvalue weighted by Crippen LogP contribution is 2.07. The van der Waals surface area contributed by atoms with Crippen LogP contribution in [0, 0.1) is 0 Å². The zero-order valence-electron chi connectivity index (χ0n) is 13.2. The van der Waals surface area contributed by atoms with E-state index in [1.165, 1.54) is 0 Å². The molecule has 0 radical (unpaired) electrons. The summed E-state index contributed by atoms with van der Waals surface area (Å²) in [5.41, 5.74) is 0.958. The minimum absolute atomic E-state index is 0.000363. The zero-order valence-corrected chi connectivity index (χ0v) is 13.2. The van der Waals surface area contributed by atoms with E-state index < -0.39 is 0 Å². The van der Waals surface area contributed by atoms with Crippen LogP contribution < -0.4 is 15.5 Å². The summed E-state index contributed by atoms with van der Waals surface area (Å²) in [5.74, 6) is 1.75. The lowest BCUT2D eigenvalue weighted by molar-refractivity contribution is 0.237. The molecule has 0 aliphatic carbocycles. The number of hydrogen-bond acceptors (Lipinski definition) is 4. The number of carbonyl (C=O) groups excluding carboxylic acids is 1. The van der Waals surface area contributed by atoms with Crippen molar-refractivity contribution >= 4 is 11.8 Å². The number of furan rings is 1. The van der Waals surface area contributed by atoms with Crippen molar-refractivity contribution < 1.29 is 9.21 Å². The molecule has 0 aliphatic heterocycles. The van der Waals surface area contributed by atoms with E-state index in [0.717, 1.165) is 17.1 Å². The molecule has 2 rings (SSSR count). The van der Waals surface area contributed by atoms with Crippen LogP contribution in [-0.4, -0.2) is 31.2 Å². The molecule has 2 N–H and O–H groups in total. The molecule has 0 fully saturated rings. The fourth-order valence-electron chi connectivity index (χ4n) is 2.02. The first-order valence-corrected chi connectivity index (χ1v) is 7.23. The highest BCUT2D eigenvalue weighted by molar-refractivity contribution is 5.74. The Morgan fingerprint density at radius 1 is 1.36 bits per heavy atom. The molecule has 118 valence electrons. The van der Waals surface area contributed by atoms with E-state index >= 15 is 0 Å². The molecule has 1 atom stereocenters. The second-order valence-electron chi connectivity index (χ2n) is 5.43. The zero-order chi connectivity index (χ0) is 15.9. The summed E-state index contributed by atoms with van der Waals surface area (Å²) in [6.45, 7) is 2.38. The monoisotopic (exact) mass is 302 g/mol. The smallest absolute Gasteiger partial charge is 0.315 e. The summed E-state index contributed by atoms with van der Waals surface area (Å²) in [6, 6.07) is 7.42. The molecule has 0 unspecified atom stereocenters. The molecule has 0 saturated carbocycles. The van der Waals surface area contributed by atoms with Crippen LogP contribution in [0.25, 0.3) is 0 Å². The van der Waals surface area contributed by atoms with Crippen LogP contribution in [0.2, 0.25) is 0 Å². The molecule has 6 nitrogen and oxygen atoms in total. The number of hydrogen-bond donors (Lipinski definition) is 2. The number of urea groups is 1. The predicted molar refractivity (Wildman–Crippen MR) is 85.8 cm³/mol. The van der Waals surface area contributed by atoms with Crippen molar-refractivity contribution in [2.24, 2.45) is 0 Å². The van der Waals surface area contributed by atoms with Crippen LogP contribution in [0.5, 0.6) is 0 Å². The first kappa shape index (κ1) is 15.9. The van der Waals surface area contributed by atoms with Gasteiger partial charge in [0.2, 0.25) is 0 Å².